The molecular weight excluding hydrogens is 299 g/mol. The Balaban J connectivity index is 2.40. The molecule has 1 aromatic carbocycles. The minimum absolute atomic E-state index is 0.190. The van der Waals surface area contributed by atoms with E-state index in [2.05, 4.69) is 14.8 Å². The molecule has 1 rings (SSSR count). The number of nitrogens with one attached hydrogen (secondary N) is 1. The van der Waals surface area contributed by atoms with E-state index in [0.717, 1.165) is 5.56 Å². The second kappa shape index (κ2) is 7.35. The van der Waals surface area contributed by atoms with Gasteiger partial charge in [0.15, 0.2) is 0 Å². The summed E-state index contributed by atoms with van der Waals surface area (Å²) in [4.78, 5) is 11.0. The molecule has 8 heteroatoms. The summed E-state index contributed by atoms with van der Waals surface area (Å²) in [6.07, 6.45) is -4.70. The summed E-state index contributed by atoms with van der Waals surface area (Å²) in [6.45, 7) is 0.543. The van der Waals surface area contributed by atoms with Gasteiger partial charge in [0.25, 0.3) is 0 Å². The van der Waals surface area contributed by atoms with Crippen LogP contribution in [0.5, 0.6) is 5.75 Å². The molecule has 0 aliphatic rings. The highest BCUT2D eigenvalue weighted by Gasteiger charge is 2.30. The lowest BCUT2D eigenvalue weighted by Gasteiger charge is -2.10. The standard InChI is InChI=1S/C12H13ClF3NO3/c1-19-11(18)10(13)7-17-6-8-2-4-9(5-3-8)20-12(14,15)16/h2-5,10,17H,6-7H2,1H3. The van der Waals surface area contributed by atoms with Gasteiger partial charge in [0.2, 0.25) is 0 Å². The fraction of sp³-hybridized carbons (Fsp3) is 0.417. The van der Waals surface area contributed by atoms with Crippen LogP contribution in [0.15, 0.2) is 24.3 Å². The number of carbonyl (C=O) groups excluding carboxylic acids is 1. The molecule has 0 aromatic heterocycles. The summed E-state index contributed by atoms with van der Waals surface area (Å²) < 4.78 is 44.0. The Morgan fingerprint density at radius 2 is 1.95 bits per heavy atom. The number of hydrogen-bond donors (Lipinski definition) is 1. The predicted octanol–water partition coefficient (Wildman–Crippen LogP) is 2.46. The molecule has 0 bridgehead atoms. The predicted molar refractivity (Wildman–Crippen MR) is 66.5 cm³/mol. The van der Waals surface area contributed by atoms with Crippen LogP contribution in [-0.2, 0) is 16.1 Å². The average Bonchev–Trinajstić information content (AvgIpc) is 2.38. The zero-order valence-corrected chi connectivity index (χ0v) is 11.3. The number of rotatable bonds is 6. The van der Waals surface area contributed by atoms with Crippen LogP contribution < -0.4 is 10.1 Å². The van der Waals surface area contributed by atoms with Crippen molar-refractivity contribution in [2.75, 3.05) is 13.7 Å². The zero-order chi connectivity index (χ0) is 15.2. The van der Waals surface area contributed by atoms with Gasteiger partial charge in [0.05, 0.1) is 7.11 Å². The number of methoxy groups -OCH3 is 1. The van der Waals surface area contributed by atoms with Crippen molar-refractivity contribution >= 4 is 17.6 Å². The van der Waals surface area contributed by atoms with Crippen molar-refractivity contribution in [2.24, 2.45) is 0 Å². The lowest BCUT2D eigenvalue weighted by Crippen LogP contribution is -2.29. The van der Waals surface area contributed by atoms with Crippen LogP contribution in [0.3, 0.4) is 0 Å². The van der Waals surface area contributed by atoms with Gasteiger partial charge in [-0.3, -0.25) is 4.79 Å². The normalized spacial score (nSPS) is 12.8. The molecule has 0 heterocycles. The van der Waals surface area contributed by atoms with Gasteiger partial charge in [-0.1, -0.05) is 12.1 Å². The van der Waals surface area contributed by atoms with Crippen molar-refractivity contribution in [3.63, 3.8) is 0 Å². The maximum Gasteiger partial charge on any atom is 0.573 e. The Labute approximate surface area is 118 Å². The molecule has 0 aliphatic carbocycles. The number of ether oxygens (including phenoxy) is 2. The van der Waals surface area contributed by atoms with Crippen LogP contribution in [0.4, 0.5) is 13.2 Å². The van der Waals surface area contributed by atoms with Crippen LogP contribution in [0.25, 0.3) is 0 Å². The summed E-state index contributed by atoms with van der Waals surface area (Å²) in [5.41, 5.74) is 0.730. The van der Waals surface area contributed by atoms with Crippen molar-refractivity contribution in [3.05, 3.63) is 29.8 Å². The van der Waals surface area contributed by atoms with E-state index >= 15 is 0 Å². The van der Waals surface area contributed by atoms with E-state index in [9.17, 15) is 18.0 Å². The van der Waals surface area contributed by atoms with Crippen molar-refractivity contribution in [2.45, 2.75) is 18.3 Å². The molecule has 4 nitrogen and oxygen atoms in total. The number of esters is 1. The monoisotopic (exact) mass is 311 g/mol. The molecule has 112 valence electrons. The molecular formula is C12H13ClF3NO3. The van der Waals surface area contributed by atoms with Gasteiger partial charge in [-0.15, -0.1) is 24.8 Å². The summed E-state index contributed by atoms with van der Waals surface area (Å²) in [6, 6.07) is 5.39. The first kappa shape index (κ1) is 16.6. The van der Waals surface area contributed by atoms with Gasteiger partial charge < -0.3 is 14.8 Å². The molecule has 1 N–H and O–H groups in total. The highest BCUT2D eigenvalue weighted by molar-refractivity contribution is 6.30. The van der Waals surface area contributed by atoms with Crippen LogP contribution in [-0.4, -0.2) is 31.4 Å². The summed E-state index contributed by atoms with van der Waals surface area (Å²) in [5.74, 6) is -0.834. The molecule has 0 fully saturated rings. The van der Waals surface area contributed by atoms with E-state index in [1.165, 1.54) is 31.4 Å². The Morgan fingerprint density at radius 1 is 1.35 bits per heavy atom. The Bertz CT molecular complexity index is 437. The fourth-order valence-corrected chi connectivity index (χ4v) is 1.56. The van der Waals surface area contributed by atoms with Gasteiger partial charge in [-0.05, 0) is 17.7 Å². The third-order valence-electron chi connectivity index (χ3n) is 2.27. The maximum atomic E-state index is 11.9. The van der Waals surface area contributed by atoms with Gasteiger partial charge in [0, 0.05) is 13.1 Å². The molecule has 0 saturated heterocycles. The molecule has 0 amide bonds. The third kappa shape index (κ3) is 6.12. The van der Waals surface area contributed by atoms with Gasteiger partial charge >= 0.3 is 12.3 Å². The highest BCUT2D eigenvalue weighted by Crippen LogP contribution is 2.22. The van der Waals surface area contributed by atoms with Crippen molar-refractivity contribution in [3.8, 4) is 5.75 Å². The van der Waals surface area contributed by atoms with Crippen LogP contribution in [0, 0.1) is 0 Å². The van der Waals surface area contributed by atoms with E-state index in [4.69, 9.17) is 11.6 Å². The van der Waals surface area contributed by atoms with Gasteiger partial charge in [0.1, 0.15) is 11.1 Å². The minimum Gasteiger partial charge on any atom is -0.468 e. The van der Waals surface area contributed by atoms with Crippen LogP contribution in [0.2, 0.25) is 0 Å². The van der Waals surface area contributed by atoms with E-state index in [-0.39, 0.29) is 12.3 Å². The fourth-order valence-electron chi connectivity index (χ4n) is 1.36. The van der Waals surface area contributed by atoms with E-state index in [1.54, 1.807) is 0 Å². The molecule has 1 aromatic rings. The van der Waals surface area contributed by atoms with E-state index in [0.29, 0.717) is 6.54 Å². The number of alkyl halides is 4. The molecule has 1 atom stereocenters. The summed E-state index contributed by atoms with van der Waals surface area (Å²) in [5, 5.41) is 2.08. The number of hydrogen-bond acceptors (Lipinski definition) is 4. The lowest BCUT2D eigenvalue weighted by molar-refractivity contribution is -0.274. The first-order valence-electron chi connectivity index (χ1n) is 5.59. The summed E-state index contributed by atoms with van der Waals surface area (Å²) >= 11 is 5.71. The smallest absolute Gasteiger partial charge is 0.468 e. The van der Waals surface area contributed by atoms with E-state index in [1.807, 2.05) is 0 Å². The van der Waals surface area contributed by atoms with E-state index < -0.39 is 17.7 Å². The number of benzene rings is 1. The molecule has 0 aliphatic heterocycles. The summed E-state index contributed by atoms with van der Waals surface area (Å²) in [7, 11) is 1.23. The largest absolute Gasteiger partial charge is 0.573 e. The Morgan fingerprint density at radius 3 is 2.45 bits per heavy atom. The first-order valence-corrected chi connectivity index (χ1v) is 6.03. The second-order valence-corrected chi connectivity index (χ2v) is 4.34. The van der Waals surface area contributed by atoms with Gasteiger partial charge in [-0.25, -0.2) is 0 Å². The SMILES string of the molecule is COC(=O)C(Cl)CNCc1ccc(OC(F)(F)F)cc1. The highest BCUT2D eigenvalue weighted by atomic mass is 35.5. The molecule has 0 spiro atoms. The van der Waals surface area contributed by atoms with Crippen molar-refractivity contribution in [1.29, 1.82) is 0 Å². The van der Waals surface area contributed by atoms with Crippen LogP contribution in [0.1, 0.15) is 5.56 Å². The molecule has 20 heavy (non-hydrogen) atoms. The molecule has 1 unspecified atom stereocenters. The minimum atomic E-state index is -4.70. The topological polar surface area (TPSA) is 47.6 Å². The second-order valence-electron chi connectivity index (χ2n) is 3.81. The Kier molecular flexibility index (Phi) is 6.09. The average molecular weight is 312 g/mol. The first-order chi connectivity index (χ1) is 9.31. The molecule has 0 radical (unpaired) electrons. The molecule has 0 saturated carbocycles. The number of carbonyl (C=O) groups is 1. The van der Waals surface area contributed by atoms with Crippen molar-refractivity contribution in [1.82, 2.24) is 5.32 Å². The quantitative estimate of drug-likeness (QED) is 0.647. The number of halogens is 4. The third-order valence-corrected chi connectivity index (χ3v) is 2.60. The maximum absolute atomic E-state index is 11.9. The lowest BCUT2D eigenvalue weighted by atomic mass is 10.2. The zero-order valence-electron chi connectivity index (χ0n) is 10.5. The van der Waals surface area contributed by atoms with Crippen molar-refractivity contribution < 1.29 is 27.4 Å². The Hall–Kier alpha value is -1.47. The van der Waals surface area contributed by atoms with Gasteiger partial charge in [-0.2, -0.15) is 0 Å². The van der Waals surface area contributed by atoms with Crippen LogP contribution >= 0.6 is 11.6 Å².